The summed E-state index contributed by atoms with van der Waals surface area (Å²) in [4.78, 5) is 14.7. The summed E-state index contributed by atoms with van der Waals surface area (Å²) in [6.45, 7) is 1.88. The average molecular weight is 218 g/mol. The lowest BCUT2D eigenvalue weighted by Crippen LogP contribution is -2.03. The Bertz CT molecular complexity index is 548. The number of pyridine rings is 1. The highest BCUT2D eigenvalue weighted by atomic mass is 16.4. The van der Waals surface area contributed by atoms with Gasteiger partial charge in [-0.2, -0.15) is 5.10 Å². The number of carboxylic acid groups (broad SMARTS) is 1. The molecule has 16 heavy (non-hydrogen) atoms. The lowest BCUT2D eigenvalue weighted by atomic mass is 10.2. The van der Waals surface area contributed by atoms with Crippen LogP contribution in [0.15, 0.2) is 24.7 Å². The van der Waals surface area contributed by atoms with E-state index in [1.807, 2.05) is 13.0 Å². The van der Waals surface area contributed by atoms with Gasteiger partial charge in [0, 0.05) is 6.20 Å². The largest absolute Gasteiger partial charge is 0.476 e. The summed E-state index contributed by atoms with van der Waals surface area (Å²) in [7, 11) is 0. The molecule has 6 heteroatoms. The predicted molar refractivity (Wildman–Crippen MR) is 57.5 cm³/mol. The molecule has 2 heterocycles. The van der Waals surface area contributed by atoms with Crippen LogP contribution in [0.5, 0.6) is 0 Å². The summed E-state index contributed by atoms with van der Waals surface area (Å²) in [6.07, 6.45) is 4.73. The fourth-order valence-corrected chi connectivity index (χ4v) is 1.37. The van der Waals surface area contributed by atoms with E-state index in [-0.39, 0.29) is 11.4 Å². The van der Waals surface area contributed by atoms with Crippen molar-refractivity contribution in [1.29, 1.82) is 0 Å². The van der Waals surface area contributed by atoms with E-state index in [1.165, 1.54) is 10.9 Å². The van der Waals surface area contributed by atoms with Gasteiger partial charge in [-0.1, -0.05) is 0 Å². The first-order valence-electron chi connectivity index (χ1n) is 4.59. The first-order valence-corrected chi connectivity index (χ1v) is 4.59. The first kappa shape index (κ1) is 10.2. The van der Waals surface area contributed by atoms with Crippen molar-refractivity contribution >= 4 is 11.7 Å². The minimum absolute atomic E-state index is 0.135. The maximum atomic E-state index is 10.8. The molecule has 0 spiro atoms. The van der Waals surface area contributed by atoms with Gasteiger partial charge in [0.25, 0.3) is 0 Å². The molecule has 2 aromatic heterocycles. The molecule has 0 atom stereocenters. The van der Waals surface area contributed by atoms with E-state index in [0.717, 1.165) is 5.56 Å². The molecule has 0 saturated heterocycles. The van der Waals surface area contributed by atoms with Crippen molar-refractivity contribution in [3.8, 4) is 5.69 Å². The monoisotopic (exact) mass is 218 g/mol. The summed E-state index contributed by atoms with van der Waals surface area (Å²) in [5.74, 6) is -1.14. The van der Waals surface area contributed by atoms with Crippen LogP contribution in [-0.2, 0) is 0 Å². The third-order valence-corrected chi connectivity index (χ3v) is 2.20. The third-order valence-electron chi connectivity index (χ3n) is 2.20. The Labute approximate surface area is 91.3 Å². The molecule has 0 aliphatic carbocycles. The smallest absolute Gasteiger partial charge is 0.358 e. The number of rotatable bonds is 2. The minimum atomic E-state index is -1.14. The molecule has 3 N–H and O–H groups in total. The zero-order valence-electron chi connectivity index (χ0n) is 8.58. The Hall–Kier alpha value is -2.37. The highest BCUT2D eigenvalue weighted by molar-refractivity contribution is 5.91. The Morgan fingerprint density at radius 2 is 2.31 bits per heavy atom. The molecule has 0 fully saturated rings. The molecule has 6 nitrogen and oxygen atoms in total. The standard InChI is InChI=1S/C10H10N4O2/c1-6-2-3-12-4-8(6)14-5-7(11)9(13-14)10(15)16/h2-5H,11H2,1H3,(H,15,16). The maximum Gasteiger partial charge on any atom is 0.358 e. The maximum absolute atomic E-state index is 10.8. The molecule has 0 aromatic carbocycles. The number of nitrogens with zero attached hydrogens (tertiary/aromatic N) is 3. The Morgan fingerprint density at radius 3 is 2.88 bits per heavy atom. The number of hydrogen-bond donors (Lipinski definition) is 2. The van der Waals surface area contributed by atoms with Crippen molar-refractivity contribution < 1.29 is 9.90 Å². The fourth-order valence-electron chi connectivity index (χ4n) is 1.37. The Morgan fingerprint density at radius 1 is 1.56 bits per heavy atom. The van der Waals surface area contributed by atoms with Crippen molar-refractivity contribution in [2.24, 2.45) is 0 Å². The van der Waals surface area contributed by atoms with E-state index in [1.54, 1.807) is 12.4 Å². The van der Waals surface area contributed by atoms with E-state index in [9.17, 15) is 4.79 Å². The number of nitrogen functional groups attached to an aromatic ring is 1. The molecule has 0 aliphatic rings. The van der Waals surface area contributed by atoms with Gasteiger partial charge in [0.15, 0.2) is 5.69 Å². The zero-order valence-corrected chi connectivity index (χ0v) is 8.58. The van der Waals surface area contributed by atoms with Crippen LogP contribution >= 0.6 is 0 Å². The highest BCUT2D eigenvalue weighted by Gasteiger charge is 2.14. The van der Waals surface area contributed by atoms with Gasteiger partial charge >= 0.3 is 5.97 Å². The van der Waals surface area contributed by atoms with Gasteiger partial charge in [-0.15, -0.1) is 0 Å². The molecule has 2 aromatic rings. The van der Waals surface area contributed by atoms with E-state index in [0.29, 0.717) is 5.69 Å². The summed E-state index contributed by atoms with van der Waals surface area (Å²) < 4.78 is 1.42. The topological polar surface area (TPSA) is 94.0 Å². The summed E-state index contributed by atoms with van der Waals surface area (Å²) >= 11 is 0. The number of aromatic carboxylic acids is 1. The molecule has 82 valence electrons. The summed E-state index contributed by atoms with van der Waals surface area (Å²) in [5, 5.41) is 12.7. The van der Waals surface area contributed by atoms with Crippen LogP contribution in [0.3, 0.4) is 0 Å². The normalized spacial score (nSPS) is 10.3. The van der Waals surface area contributed by atoms with Crippen LogP contribution in [0, 0.1) is 6.92 Å². The van der Waals surface area contributed by atoms with Crippen LogP contribution < -0.4 is 5.73 Å². The summed E-state index contributed by atoms with van der Waals surface area (Å²) in [5.41, 5.74) is 7.18. The molecule has 0 unspecified atom stereocenters. The SMILES string of the molecule is Cc1ccncc1-n1cc(N)c(C(=O)O)n1. The van der Waals surface area contributed by atoms with Crippen LogP contribution in [-0.4, -0.2) is 25.8 Å². The second-order valence-corrected chi connectivity index (χ2v) is 3.34. The van der Waals surface area contributed by atoms with Crippen molar-refractivity contribution in [3.05, 3.63) is 35.9 Å². The summed E-state index contributed by atoms with van der Waals surface area (Å²) in [6, 6.07) is 1.81. The van der Waals surface area contributed by atoms with Crippen LogP contribution in [0.1, 0.15) is 16.1 Å². The molecule has 2 rings (SSSR count). The molecule has 0 amide bonds. The van der Waals surface area contributed by atoms with E-state index in [4.69, 9.17) is 10.8 Å². The van der Waals surface area contributed by atoms with Gasteiger partial charge in [-0.3, -0.25) is 4.98 Å². The number of anilines is 1. The Kier molecular flexibility index (Phi) is 2.32. The second kappa shape index (κ2) is 3.65. The molecule has 0 aliphatic heterocycles. The van der Waals surface area contributed by atoms with Crippen LogP contribution in [0.25, 0.3) is 5.69 Å². The molecule has 0 bridgehead atoms. The number of carbonyl (C=O) groups is 1. The Balaban J connectivity index is 2.54. The quantitative estimate of drug-likeness (QED) is 0.779. The van der Waals surface area contributed by atoms with E-state index < -0.39 is 5.97 Å². The zero-order chi connectivity index (χ0) is 11.7. The van der Waals surface area contributed by atoms with E-state index >= 15 is 0 Å². The highest BCUT2D eigenvalue weighted by Crippen LogP contribution is 2.16. The van der Waals surface area contributed by atoms with Gasteiger partial charge in [-0.25, -0.2) is 9.48 Å². The molecular formula is C10H10N4O2. The minimum Gasteiger partial charge on any atom is -0.476 e. The van der Waals surface area contributed by atoms with Gasteiger partial charge in [0.2, 0.25) is 0 Å². The van der Waals surface area contributed by atoms with Gasteiger partial charge in [-0.05, 0) is 18.6 Å². The fraction of sp³-hybridized carbons (Fsp3) is 0.100. The van der Waals surface area contributed by atoms with Crippen molar-refractivity contribution in [2.45, 2.75) is 6.92 Å². The van der Waals surface area contributed by atoms with Crippen molar-refractivity contribution in [3.63, 3.8) is 0 Å². The van der Waals surface area contributed by atoms with Gasteiger partial charge in [0.05, 0.1) is 23.8 Å². The lowest BCUT2D eigenvalue weighted by Gasteiger charge is -2.03. The second-order valence-electron chi connectivity index (χ2n) is 3.34. The average Bonchev–Trinajstić information content (AvgIpc) is 2.61. The van der Waals surface area contributed by atoms with Gasteiger partial charge in [0.1, 0.15) is 0 Å². The lowest BCUT2D eigenvalue weighted by molar-refractivity contribution is 0.0691. The molecule has 0 saturated carbocycles. The van der Waals surface area contributed by atoms with Crippen LogP contribution in [0.4, 0.5) is 5.69 Å². The number of carboxylic acids is 1. The van der Waals surface area contributed by atoms with Crippen molar-refractivity contribution in [2.75, 3.05) is 5.73 Å². The van der Waals surface area contributed by atoms with Gasteiger partial charge < -0.3 is 10.8 Å². The number of aryl methyl sites for hydroxylation is 1. The predicted octanol–water partition coefficient (Wildman–Crippen LogP) is 0.856. The molecule has 0 radical (unpaired) electrons. The number of nitrogens with two attached hydrogens (primary N) is 1. The third kappa shape index (κ3) is 1.60. The van der Waals surface area contributed by atoms with E-state index in [2.05, 4.69) is 10.1 Å². The number of hydrogen-bond acceptors (Lipinski definition) is 4. The van der Waals surface area contributed by atoms with Crippen molar-refractivity contribution in [1.82, 2.24) is 14.8 Å². The molecular weight excluding hydrogens is 208 g/mol. The first-order chi connectivity index (χ1) is 7.59. The number of aromatic nitrogens is 3. The van der Waals surface area contributed by atoms with Crippen LogP contribution in [0.2, 0.25) is 0 Å².